The largest absolute Gasteiger partial charge is 0.261 e. The molecule has 0 N–H and O–H groups in total. The van der Waals surface area contributed by atoms with Crippen molar-refractivity contribution in [2.45, 2.75) is 6.92 Å². The highest BCUT2D eigenvalue weighted by Crippen LogP contribution is 2.17. The topological polar surface area (TPSA) is 38.7 Å². The van der Waals surface area contributed by atoms with Crippen LogP contribution >= 0.6 is 0 Å². The van der Waals surface area contributed by atoms with Gasteiger partial charge in [0.1, 0.15) is 5.82 Å². The zero-order valence-corrected chi connectivity index (χ0v) is 8.81. The number of halogens is 1. The Bertz CT molecular complexity index is 537. The minimum atomic E-state index is -0.389. The van der Waals surface area contributed by atoms with Gasteiger partial charge in [0, 0.05) is 11.8 Å². The lowest BCUT2D eigenvalue weighted by molar-refractivity contribution is 0.622. The molecule has 0 atom stereocenters. The zero-order valence-electron chi connectivity index (χ0n) is 8.81. The third-order valence-electron chi connectivity index (χ3n) is 2.07. The van der Waals surface area contributed by atoms with Gasteiger partial charge in [0.25, 0.3) is 0 Å². The molecule has 0 saturated carbocycles. The van der Waals surface area contributed by atoms with Crippen LogP contribution in [-0.4, -0.2) is 15.0 Å². The first-order valence-electron chi connectivity index (χ1n) is 4.75. The Morgan fingerprint density at radius 3 is 2.62 bits per heavy atom. The van der Waals surface area contributed by atoms with Crippen LogP contribution in [0.5, 0.6) is 0 Å². The van der Waals surface area contributed by atoms with Gasteiger partial charge >= 0.3 is 0 Å². The monoisotopic (exact) mass is 215 g/mol. The molecule has 80 valence electrons. The molecular weight excluding hydrogens is 205 g/mol. The molecule has 0 spiro atoms. The summed E-state index contributed by atoms with van der Waals surface area (Å²) in [5, 5.41) is 0. The highest BCUT2D eigenvalue weighted by Gasteiger charge is 2.04. The van der Waals surface area contributed by atoms with Crippen molar-refractivity contribution in [3.05, 3.63) is 48.9 Å². The van der Waals surface area contributed by atoms with Crippen LogP contribution in [0.25, 0.3) is 16.8 Å². The number of nitrogens with zero attached hydrogens (tertiary/aromatic N) is 3. The van der Waals surface area contributed by atoms with Crippen LogP contribution in [0.1, 0.15) is 12.6 Å². The second-order valence-corrected chi connectivity index (χ2v) is 3.46. The maximum absolute atomic E-state index is 13.0. The van der Waals surface area contributed by atoms with E-state index in [4.69, 9.17) is 0 Å². The van der Waals surface area contributed by atoms with Crippen LogP contribution in [0, 0.1) is 5.82 Å². The average Bonchev–Trinajstić information content (AvgIpc) is 2.29. The van der Waals surface area contributed by atoms with Gasteiger partial charge in [0.05, 0.1) is 30.0 Å². The van der Waals surface area contributed by atoms with Crippen molar-refractivity contribution in [1.29, 1.82) is 0 Å². The quantitative estimate of drug-likeness (QED) is 0.773. The number of hydrogen-bond donors (Lipinski definition) is 0. The van der Waals surface area contributed by atoms with E-state index in [1.54, 1.807) is 18.6 Å². The molecule has 0 aliphatic rings. The standard InChI is InChI=1S/C12H10FN3/c1-8(2)11-6-15-7-12(16-11)9-3-10(13)5-14-4-9/h3-7H,1H2,2H3. The molecule has 0 aliphatic heterocycles. The summed E-state index contributed by atoms with van der Waals surface area (Å²) in [6.45, 7) is 5.63. The summed E-state index contributed by atoms with van der Waals surface area (Å²) in [5.41, 5.74) is 2.71. The minimum Gasteiger partial charge on any atom is -0.261 e. The van der Waals surface area contributed by atoms with Gasteiger partial charge in [-0.15, -0.1) is 0 Å². The first-order chi connectivity index (χ1) is 7.66. The summed E-state index contributed by atoms with van der Waals surface area (Å²) >= 11 is 0. The molecule has 2 heterocycles. The lowest BCUT2D eigenvalue weighted by Crippen LogP contribution is -1.92. The Hall–Kier alpha value is -2.10. The summed E-state index contributed by atoms with van der Waals surface area (Å²) < 4.78 is 13.0. The van der Waals surface area contributed by atoms with Crippen molar-refractivity contribution in [3.8, 4) is 11.3 Å². The summed E-state index contributed by atoms with van der Waals surface area (Å²) in [7, 11) is 0. The highest BCUT2D eigenvalue weighted by molar-refractivity contribution is 5.62. The predicted molar refractivity (Wildman–Crippen MR) is 59.9 cm³/mol. The van der Waals surface area contributed by atoms with Gasteiger partial charge in [0.2, 0.25) is 0 Å². The number of pyridine rings is 1. The van der Waals surface area contributed by atoms with Crippen LogP contribution < -0.4 is 0 Å². The van der Waals surface area contributed by atoms with Gasteiger partial charge in [0.15, 0.2) is 0 Å². The first kappa shape index (κ1) is 10.4. The zero-order chi connectivity index (χ0) is 11.5. The van der Waals surface area contributed by atoms with Gasteiger partial charge in [-0.1, -0.05) is 6.58 Å². The van der Waals surface area contributed by atoms with Crippen molar-refractivity contribution in [2.24, 2.45) is 0 Å². The second kappa shape index (κ2) is 4.18. The van der Waals surface area contributed by atoms with E-state index in [1.807, 2.05) is 6.92 Å². The molecule has 16 heavy (non-hydrogen) atoms. The predicted octanol–water partition coefficient (Wildman–Crippen LogP) is 2.71. The minimum absolute atomic E-state index is 0.389. The van der Waals surface area contributed by atoms with Gasteiger partial charge in [-0.3, -0.25) is 9.97 Å². The average molecular weight is 215 g/mol. The van der Waals surface area contributed by atoms with Crippen molar-refractivity contribution in [2.75, 3.05) is 0 Å². The van der Waals surface area contributed by atoms with Crippen LogP contribution in [0.3, 0.4) is 0 Å². The van der Waals surface area contributed by atoms with Crippen LogP contribution in [0.15, 0.2) is 37.4 Å². The van der Waals surface area contributed by atoms with Crippen molar-refractivity contribution in [1.82, 2.24) is 15.0 Å². The molecule has 0 amide bonds. The fourth-order valence-corrected chi connectivity index (χ4v) is 1.26. The number of rotatable bonds is 2. The van der Waals surface area contributed by atoms with Crippen LogP contribution in [-0.2, 0) is 0 Å². The number of allylic oxidation sites excluding steroid dienone is 1. The maximum atomic E-state index is 13.0. The van der Waals surface area contributed by atoms with Crippen molar-refractivity contribution < 1.29 is 4.39 Å². The Balaban J connectivity index is 2.48. The van der Waals surface area contributed by atoms with E-state index in [9.17, 15) is 4.39 Å². The molecule has 0 saturated heterocycles. The molecule has 2 rings (SSSR count). The van der Waals surface area contributed by atoms with Crippen molar-refractivity contribution >= 4 is 5.57 Å². The molecule has 4 heteroatoms. The molecule has 2 aromatic heterocycles. The van der Waals surface area contributed by atoms with E-state index in [2.05, 4.69) is 21.5 Å². The smallest absolute Gasteiger partial charge is 0.142 e. The lowest BCUT2D eigenvalue weighted by atomic mass is 10.2. The van der Waals surface area contributed by atoms with E-state index >= 15 is 0 Å². The fourth-order valence-electron chi connectivity index (χ4n) is 1.26. The van der Waals surface area contributed by atoms with Gasteiger partial charge in [-0.25, -0.2) is 9.37 Å². The Labute approximate surface area is 92.7 Å². The molecule has 0 unspecified atom stereocenters. The van der Waals surface area contributed by atoms with Crippen LogP contribution in [0.4, 0.5) is 4.39 Å². The molecule has 0 radical (unpaired) electrons. The molecule has 0 aliphatic carbocycles. The van der Waals surface area contributed by atoms with Crippen LogP contribution in [0.2, 0.25) is 0 Å². The summed E-state index contributed by atoms with van der Waals surface area (Å²) in [6, 6.07) is 1.37. The SMILES string of the molecule is C=C(C)c1cncc(-c2cncc(F)c2)n1. The van der Waals surface area contributed by atoms with Gasteiger partial charge in [-0.2, -0.15) is 0 Å². The molecule has 0 fully saturated rings. The van der Waals surface area contributed by atoms with Crippen molar-refractivity contribution in [3.63, 3.8) is 0 Å². The molecule has 3 nitrogen and oxygen atoms in total. The van der Waals surface area contributed by atoms with E-state index in [0.29, 0.717) is 17.0 Å². The van der Waals surface area contributed by atoms with E-state index in [-0.39, 0.29) is 5.82 Å². The number of hydrogen-bond acceptors (Lipinski definition) is 3. The summed E-state index contributed by atoms with van der Waals surface area (Å²) in [5.74, 6) is -0.389. The summed E-state index contributed by atoms with van der Waals surface area (Å²) in [6.07, 6.45) is 5.90. The lowest BCUT2D eigenvalue weighted by Gasteiger charge is -2.03. The normalized spacial score (nSPS) is 10.1. The third kappa shape index (κ3) is 2.11. The second-order valence-electron chi connectivity index (χ2n) is 3.46. The molecule has 0 aromatic carbocycles. The Kier molecular flexibility index (Phi) is 2.72. The van der Waals surface area contributed by atoms with Gasteiger partial charge in [-0.05, 0) is 18.6 Å². The van der Waals surface area contributed by atoms with E-state index in [1.165, 1.54) is 6.07 Å². The first-order valence-corrected chi connectivity index (χ1v) is 4.75. The molecule has 2 aromatic rings. The molecular formula is C12H10FN3. The van der Waals surface area contributed by atoms with E-state index in [0.717, 1.165) is 11.8 Å². The summed E-state index contributed by atoms with van der Waals surface area (Å²) in [4.78, 5) is 12.1. The third-order valence-corrected chi connectivity index (χ3v) is 2.07. The van der Waals surface area contributed by atoms with E-state index < -0.39 is 0 Å². The van der Waals surface area contributed by atoms with Gasteiger partial charge < -0.3 is 0 Å². The Morgan fingerprint density at radius 2 is 1.94 bits per heavy atom. The fraction of sp³-hybridized carbons (Fsp3) is 0.0833. The number of aromatic nitrogens is 3. The maximum Gasteiger partial charge on any atom is 0.142 e. The highest BCUT2D eigenvalue weighted by atomic mass is 19.1. The Morgan fingerprint density at radius 1 is 1.19 bits per heavy atom. The molecule has 0 bridgehead atoms.